The molecule has 0 aromatic heterocycles. The summed E-state index contributed by atoms with van der Waals surface area (Å²) in [6.45, 7) is 13.3. The van der Waals surface area contributed by atoms with Gasteiger partial charge in [-0.2, -0.15) is 0 Å². The highest BCUT2D eigenvalue weighted by Crippen LogP contribution is 2.48. The van der Waals surface area contributed by atoms with Crippen LogP contribution < -0.4 is 0 Å². The van der Waals surface area contributed by atoms with Crippen molar-refractivity contribution < 1.29 is 19.1 Å². The molecule has 1 aliphatic carbocycles. The van der Waals surface area contributed by atoms with Gasteiger partial charge in [-0.15, -0.1) is 0 Å². The molecule has 0 amide bonds. The zero-order valence-corrected chi connectivity index (χ0v) is 30.8. The van der Waals surface area contributed by atoms with Crippen LogP contribution in [0.2, 0.25) is 0 Å². The Bertz CT molecular complexity index is 773. The summed E-state index contributed by atoms with van der Waals surface area (Å²) in [5.41, 5.74) is -1.56. The molecular formula is C41H74O4. The van der Waals surface area contributed by atoms with Crippen molar-refractivity contribution in [1.82, 2.24) is 0 Å². The first-order valence-corrected chi connectivity index (χ1v) is 19.5. The molecule has 0 radical (unpaired) electrons. The standard InChI is InChI=1S/C33H56O4.C8H18/c1-5-9-11-12-13-14-15-16-17-18-19-20-22-24-29(28(8-4)23-21-10-6-2)33(32(36)37-27-7-3)30(34)25-26-31(33)35;1-3-5-7-8-6-4-2/h13-14,16-17,28-29H,5-12,15,18-27H2,1-4H3;3-8H2,1-2H3/b14-13-,17-16-;. The minimum atomic E-state index is -1.56. The molecule has 0 spiro atoms. The number of ketones is 2. The number of Topliss-reactive ketones (excluding diaryl/α,β-unsaturated/α-hetero) is 2. The molecule has 262 valence electrons. The summed E-state index contributed by atoms with van der Waals surface area (Å²) in [5.74, 6) is -0.997. The fourth-order valence-corrected chi connectivity index (χ4v) is 6.71. The van der Waals surface area contributed by atoms with Gasteiger partial charge in [0.05, 0.1) is 6.61 Å². The first-order valence-electron chi connectivity index (χ1n) is 19.5. The van der Waals surface area contributed by atoms with Crippen LogP contribution in [-0.2, 0) is 19.1 Å². The molecule has 0 aromatic carbocycles. The number of carbonyl (C=O) groups excluding carboxylic acids is 3. The van der Waals surface area contributed by atoms with Crippen LogP contribution in [0.3, 0.4) is 0 Å². The monoisotopic (exact) mass is 631 g/mol. The van der Waals surface area contributed by atoms with Crippen molar-refractivity contribution >= 4 is 17.5 Å². The summed E-state index contributed by atoms with van der Waals surface area (Å²) in [7, 11) is 0. The van der Waals surface area contributed by atoms with Crippen molar-refractivity contribution in [2.45, 2.75) is 196 Å². The van der Waals surface area contributed by atoms with E-state index < -0.39 is 11.4 Å². The van der Waals surface area contributed by atoms with Gasteiger partial charge in [0.15, 0.2) is 17.0 Å². The fraction of sp³-hybridized carbons (Fsp3) is 0.829. The highest BCUT2D eigenvalue weighted by atomic mass is 16.5. The van der Waals surface area contributed by atoms with Gasteiger partial charge in [0.1, 0.15) is 0 Å². The SMILES string of the molecule is CCCCC/C=C\C/C=C\CCCCCC(C(CC)CCCCC)C1(C(=O)OCCC)C(=O)CCC1=O.CCCCCCCC. The number of esters is 1. The second kappa shape index (κ2) is 29.7. The van der Waals surface area contributed by atoms with E-state index in [2.05, 4.69) is 58.9 Å². The van der Waals surface area contributed by atoms with Crippen LogP contribution in [0.15, 0.2) is 24.3 Å². The third kappa shape index (κ3) is 17.7. The van der Waals surface area contributed by atoms with E-state index in [1.807, 2.05) is 6.92 Å². The maximum atomic E-state index is 13.4. The summed E-state index contributed by atoms with van der Waals surface area (Å²) >= 11 is 0. The number of hydrogen-bond acceptors (Lipinski definition) is 4. The lowest BCUT2D eigenvalue weighted by Gasteiger charge is -2.38. The molecule has 1 aliphatic rings. The Morgan fingerprint density at radius 2 is 1.09 bits per heavy atom. The van der Waals surface area contributed by atoms with Crippen molar-refractivity contribution in [3.8, 4) is 0 Å². The van der Waals surface area contributed by atoms with Gasteiger partial charge < -0.3 is 4.74 Å². The lowest BCUT2D eigenvalue weighted by atomic mass is 9.63. The predicted molar refractivity (Wildman–Crippen MR) is 194 cm³/mol. The summed E-state index contributed by atoms with van der Waals surface area (Å²) in [5, 5.41) is 0. The number of rotatable bonds is 27. The topological polar surface area (TPSA) is 60.4 Å². The molecule has 1 fully saturated rings. The Balaban J connectivity index is 0.00000212. The molecule has 0 saturated heterocycles. The van der Waals surface area contributed by atoms with Gasteiger partial charge in [-0.1, -0.05) is 162 Å². The van der Waals surface area contributed by atoms with Crippen LogP contribution in [0.4, 0.5) is 0 Å². The average molecular weight is 631 g/mol. The molecule has 1 rings (SSSR count). The predicted octanol–water partition coefficient (Wildman–Crippen LogP) is 12.5. The zero-order valence-electron chi connectivity index (χ0n) is 30.8. The van der Waals surface area contributed by atoms with Gasteiger partial charge >= 0.3 is 5.97 Å². The summed E-state index contributed by atoms with van der Waals surface area (Å²) in [6.07, 6.45) is 34.7. The second-order valence-electron chi connectivity index (χ2n) is 13.3. The van der Waals surface area contributed by atoms with Gasteiger partial charge in [-0.3, -0.25) is 14.4 Å². The van der Waals surface area contributed by atoms with Crippen LogP contribution in [0.25, 0.3) is 0 Å². The number of hydrogen-bond donors (Lipinski definition) is 0. The molecule has 0 bridgehead atoms. The highest BCUT2D eigenvalue weighted by molar-refractivity contribution is 6.26. The maximum absolute atomic E-state index is 13.4. The fourth-order valence-electron chi connectivity index (χ4n) is 6.71. The van der Waals surface area contributed by atoms with Crippen molar-refractivity contribution in [2.24, 2.45) is 17.3 Å². The summed E-state index contributed by atoms with van der Waals surface area (Å²) < 4.78 is 5.54. The molecule has 0 aromatic rings. The summed E-state index contributed by atoms with van der Waals surface area (Å²) in [4.78, 5) is 40.0. The molecule has 45 heavy (non-hydrogen) atoms. The third-order valence-electron chi connectivity index (χ3n) is 9.47. The van der Waals surface area contributed by atoms with Gasteiger partial charge in [-0.05, 0) is 56.8 Å². The Hall–Kier alpha value is -1.71. The van der Waals surface area contributed by atoms with E-state index in [9.17, 15) is 14.4 Å². The van der Waals surface area contributed by atoms with Crippen molar-refractivity contribution in [2.75, 3.05) is 6.61 Å². The van der Waals surface area contributed by atoms with E-state index in [4.69, 9.17) is 4.74 Å². The van der Waals surface area contributed by atoms with Crippen LogP contribution in [0.1, 0.15) is 196 Å². The Morgan fingerprint density at radius 1 is 0.622 bits per heavy atom. The van der Waals surface area contributed by atoms with Crippen molar-refractivity contribution in [1.29, 1.82) is 0 Å². The van der Waals surface area contributed by atoms with Crippen LogP contribution in [0.5, 0.6) is 0 Å². The molecule has 4 heteroatoms. The first kappa shape index (κ1) is 43.3. The van der Waals surface area contributed by atoms with Gasteiger partial charge in [-0.25, -0.2) is 0 Å². The van der Waals surface area contributed by atoms with E-state index in [0.29, 0.717) is 6.42 Å². The molecule has 0 heterocycles. The lowest BCUT2D eigenvalue weighted by Crippen LogP contribution is -2.51. The Kier molecular flexibility index (Phi) is 28.5. The Labute approximate surface area is 280 Å². The second-order valence-corrected chi connectivity index (χ2v) is 13.3. The largest absolute Gasteiger partial charge is 0.465 e. The summed E-state index contributed by atoms with van der Waals surface area (Å²) in [6, 6.07) is 0. The number of carbonyl (C=O) groups is 3. The highest BCUT2D eigenvalue weighted by Gasteiger charge is 2.62. The molecule has 2 unspecified atom stereocenters. The minimum absolute atomic E-state index is 0.180. The van der Waals surface area contributed by atoms with E-state index in [1.54, 1.807) is 0 Å². The van der Waals surface area contributed by atoms with Crippen molar-refractivity contribution in [3.63, 3.8) is 0 Å². The zero-order chi connectivity index (χ0) is 33.6. The minimum Gasteiger partial charge on any atom is -0.465 e. The van der Waals surface area contributed by atoms with Gasteiger partial charge in [0, 0.05) is 12.8 Å². The molecule has 0 aliphatic heterocycles. The Morgan fingerprint density at radius 3 is 1.60 bits per heavy atom. The first-order chi connectivity index (χ1) is 21.9. The number of allylic oxidation sites excluding steroid dienone is 4. The van der Waals surface area contributed by atoms with Gasteiger partial charge in [0.25, 0.3) is 0 Å². The lowest BCUT2D eigenvalue weighted by molar-refractivity contribution is -0.168. The molecular weight excluding hydrogens is 556 g/mol. The van der Waals surface area contributed by atoms with Crippen LogP contribution >= 0.6 is 0 Å². The molecule has 0 N–H and O–H groups in total. The van der Waals surface area contributed by atoms with E-state index in [0.717, 1.165) is 70.6 Å². The van der Waals surface area contributed by atoms with Crippen LogP contribution in [-0.4, -0.2) is 24.1 Å². The average Bonchev–Trinajstić information content (AvgIpc) is 3.35. The van der Waals surface area contributed by atoms with E-state index in [1.165, 1.54) is 64.2 Å². The molecule has 4 nitrogen and oxygen atoms in total. The van der Waals surface area contributed by atoms with Crippen molar-refractivity contribution in [3.05, 3.63) is 24.3 Å². The maximum Gasteiger partial charge on any atom is 0.327 e. The molecule has 1 saturated carbocycles. The van der Waals surface area contributed by atoms with E-state index in [-0.39, 0.29) is 42.9 Å². The molecule has 2 atom stereocenters. The third-order valence-corrected chi connectivity index (χ3v) is 9.47. The smallest absolute Gasteiger partial charge is 0.327 e. The number of unbranched alkanes of at least 4 members (excludes halogenated alkanes) is 13. The normalized spacial score (nSPS) is 15.9. The quantitative estimate of drug-likeness (QED) is 0.0392. The van der Waals surface area contributed by atoms with E-state index >= 15 is 0 Å². The number of ether oxygens (including phenoxy) is 1. The van der Waals surface area contributed by atoms with Gasteiger partial charge in [0.2, 0.25) is 0 Å². The van der Waals surface area contributed by atoms with Crippen LogP contribution in [0, 0.1) is 17.3 Å².